The Kier molecular flexibility index (Phi) is 5.08. The number of thiophene rings is 1. The zero-order valence-electron chi connectivity index (χ0n) is 14.4. The van der Waals surface area contributed by atoms with Crippen LogP contribution in [-0.4, -0.2) is 40.6 Å². The molecule has 0 N–H and O–H groups in total. The topological polar surface area (TPSA) is 68.1 Å². The van der Waals surface area contributed by atoms with Crippen molar-refractivity contribution in [3.05, 3.63) is 17.3 Å². The van der Waals surface area contributed by atoms with Crippen molar-refractivity contribution in [3.63, 3.8) is 0 Å². The highest BCUT2D eigenvalue weighted by atomic mass is 32.2. The Bertz CT molecular complexity index is 802. The minimum atomic E-state index is -3.45. The second-order valence-corrected chi connectivity index (χ2v) is 9.31. The van der Waals surface area contributed by atoms with Gasteiger partial charge in [-0.25, -0.2) is 18.1 Å². The molecule has 0 aromatic carbocycles. The monoisotopic (exact) mass is 368 g/mol. The highest BCUT2D eigenvalue weighted by molar-refractivity contribution is 7.89. The number of aromatic nitrogens is 3. The molecule has 0 unspecified atom stereocenters. The Hall–Kier alpha value is -1.25. The minimum Gasteiger partial charge on any atom is -0.245 e. The summed E-state index contributed by atoms with van der Waals surface area (Å²) >= 11 is 1.42. The average Bonchev–Trinajstić information content (AvgIpc) is 3.26. The summed E-state index contributed by atoms with van der Waals surface area (Å²) in [6.45, 7) is 8.13. The molecule has 3 heterocycles. The van der Waals surface area contributed by atoms with E-state index in [1.165, 1.54) is 11.3 Å². The Morgan fingerprint density at radius 1 is 1.29 bits per heavy atom. The van der Waals surface area contributed by atoms with E-state index in [4.69, 9.17) is 0 Å². The quantitative estimate of drug-likeness (QED) is 0.786. The largest absolute Gasteiger partial charge is 0.245 e. The van der Waals surface area contributed by atoms with Crippen molar-refractivity contribution in [3.8, 4) is 10.7 Å². The van der Waals surface area contributed by atoms with Crippen LogP contribution >= 0.6 is 11.3 Å². The smallest absolute Gasteiger partial charge is 0.244 e. The molecule has 0 aliphatic carbocycles. The van der Waals surface area contributed by atoms with Crippen LogP contribution in [0.5, 0.6) is 0 Å². The van der Waals surface area contributed by atoms with Gasteiger partial charge in [-0.1, -0.05) is 13.8 Å². The van der Waals surface area contributed by atoms with E-state index in [9.17, 15) is 8.42 Å². The molecule has 1 fully saturated rings. The minimum absolute atomic E-state index is 0.368. The summed E-state index contributed by atoms with van der Waals surface area (Å²) in [6, 6.07) is 1.70. The van der Waals surface area contributed by atoms with E-state index in [1.54, 1.807) is 10.4 Å². The van der Waals surface area contributed by atoms with Crippen LogP contribution in [0.2, 0.25) is 0 Å². The standard InChI is InChI=1S/C16H24N4O2S2/c1-4-20-16(17-14(18-20)11-12(2)3)15-13(7-10-23-15)24(21,22)19-8-5-6-9-19/h7,10,12H,4-6,8-9,11H2,1-3H3. The number of rotatable bonds is 6. The maximum atomic E-state index is 12.9. The van der Waals surface area contributed by atoms with E-state index >= 15 is 0 Å². The summed E-state index contributed by atoms with van der Waals surface area (Å²) in [5.41, 5.74) is 0. The number of nitrogens with zero attached hydrogens (tertiary/aromatic N) is 4. The second-order valence-electron chi connectivity index (χ2n) is 6.49. The van der Waals surface area contributed by atoms with E-state index in [-0.39, 0.29) is 0 Å². The fourth-order valence-electron chi connectivity index (χ4n) is 2.96. The van der Waals surface area contributed by atoms with Crippen LogP contribution in [0, 0.1) is 5.92 Å². The maximum absolute atomic E-state index is 12.9. The van der Waals surface area contributed by atoms with Crippen LogP contribution in [0.1, 0.15) is 39.4 Å². The molecule has 1 aliphatic heterocycles. The molecule has 132 valence electrons. The van der Waals surface area contributed by atoms with Gasteiger partial charge in [-0.3, -0.25) is 0 Å². The molecule has 0 spiro atoms. The number of sulfonamides is 1. The van der Waals surface area contributed by atoms with Crippen LogP contribution in [0.4, 0.5) is 0 Å². The third kappa shape index (κ3) is 3.27. The molecule has 6 nitrogen and oxygen atoms in total. The van der Waals surface area contributed by atoms with Crippen molar-refractivity contribution in [2.24, 2.45) is 5.92 Å². The molecular formula is C16H24N4O2S2. The molecule has 1 saturated heterocycles. The lowest BCUT2D eigenvalue weighted by Crippen LogP contribution is -2.28. The van der Waals surface area contributed by atoms with E-state index < -0.39 is 10.0 Å². The molecule has 3 rings (SSSR count). The molecule has 0 radical (unpaired) electrons. The molecular weight excluding hydrogens is 344 g/mol. The van der Waals surface area contributed by atoms with Gasteiger partial charge in [0.1, 0.15) is 4.90 Å². The summed E-state index contributed by atoms with van der Waals surface area (Å²) in [7, 11) is -3.45. The molecule has 2 aromatic heterocycles. The molecule has 8 heteroatoms. The summed E-state index contributed by atoms with van der Waals surface area (Å²) in [6.07, 6.45) is 2.66. The Balaban J connectivity index is 2.03. The van der Waals surface area contributed by atoms with Gasteiger partial charge in [0.2, 0.25) is 10.0 Å². The Morgan fingerprint density at radius 3 is 2.62 bits per heavy atom. The first-order chi connectivity index (χ1) is 11.4. The van der Waals surface area contributed by atoms with Gasteiger partial charge in [-0.2, -0.15) is 9.40 Å². The average molecular weight is 369 g/mol. The van der Waals surface area contributed by atoms with E-state index in [1.807, 2.05) is 17.0 Å². The predicted molar refractivity (Wildman–Crippen MR) is 95.5 cm³/mol. The number of aryl methyl sites for hydroxylation is 1. The van der Waals surface area contributed by atoms with Gasteiger partial charge in [0.15, 0.2) is 11.6 Å². The van der Waals surface area contributed by atoms with Crippen LogP contribution in [0.3, 0.4) is 0 Å². The maximum Gasteiger partial charge on any atom is 0.244 e. The summed E-state index contributed by atoms with van der Waals surface area (Å²) < 4.78 is 29.3. The lowest BCUT2D eigenvalue weighted by Gasteiger charge is -2.15. The highest BCUT2D eigenvalue weighted by Gasteiger charge is 2.31. The van der Waals surface area contributed by atoms with Gasteiger partial charge in [-0.05, 0) is 37.1 Å². The third-order valence-corrected chi connectivity index (χ3v) is 7.10. The second kappa shape index (κ2) is 6.93. The molecule has 0 atom stereocenters. The molecule has 0 saturated carbocycles. The van der Waals surface area contributed by atoms with Gasteiger partial charge in [0.05, 0.1) is 4.88 Å². The molecule has 24 heavy (non-hydrogen) atoms. The molecule has 0 bridgehead atoms. The zero-order chi connectivity index (χ0) is 17.3. The highest BCUT2D eigenvalue weighted by Crippen LogP contribution is 2.34. The van der Waals surface area contributed by atoms with E-state index in [0.717, 1.165) is 25.1 Å². The van der Waals surface area contributed by atoms with Gasteiger partial charge in [-0.15, -0.1) is 11.3 Å². The number of hydrogen-bond acceptors (Lipinski definition) is 5. The summed E-state index contributed by atoms with van der Waals surface area (Å²) in [4.78, 5) is 5.71. The van der Waals surface area contributed by atoms with Gasteiger partial charge >= 0.3 is 0 Å². The van der Waals surface area contributed by atoms with Crippen molar-refractivity contribution in [2.75, 3.05) is 13.1 Å². The van der Waals surface area contributed by atoms with Crippen molar-refractivity contribution in [2.45, 2.75) is 51.5 Å². The van der Waals surface area contributed by atoms with Crippen molar-refractivity contribution >= 4 is 21.4 Å². The summed E-state index contributed by atoms with van der Waals surface area (Å²) in [5.74, 6) is 1.90. The van der Waals surface area contributed by atoms with E-state index in [2.05, 4.69) is 23.9 Å². The van der Waals surface area contributed by atoms with Crippen LogP contribution in [-0.2, 0) is 23.0 Å². The lowest BCUT2D eigenvalue weighted by atomic mass is 10.1. The SMILES string of the molecule is CCn1nc(CC(C)C)nc1-c1sccc1S(=O)(=O)N1CCCC1. The number of hydrogen-bond donors (Lipinski definition) is 0. The van der Waals surface area contributed by atoms with Crippen molar-refractivity contribution in [1.29, 1.82) is 0 Å². The van der Waals surface area contributed by atoms with Crippen LogP contribution in [0.15, 0.2) is 16.3 Å². The Morgan fingerprint density at radius 2 is 2.00 bits per heavy atom. The van der Waals surface area contributed by atoms with E-state index in [0.29, 0.717) is 41.1 Å². The summed E-state index contributed by atoms with van der Waals surface area (Å²) in [5, 5.41) is 6.38. The van der Waals surface area contributed by atoms with Crippen molar-refractivity contribution in [1.82, 2.24) is 19.1 Å². The Labute approximate surface area is 147 Å². The zero-order valence-corrected chi connectivity index (χ0v) is 16.0. The van der Waals surface area contributed by atoms with Crippen LogP contribution in [0.25, 0.3) is 10.7 Å². The fourth-order valence-corrected chi connectivity index (χ4v) is 5.87. The normalized spacial score (nSPS) is 16.3. The van der Waals surface area contributed by atoms with Gasteiger partial charge in [0, 0.05) is 26.1 Å². The molecule has 1 aliphatic rings. The molecule has 0 amide bonds. The first-order valence-electron chi connectivity index (χ1n) is 8.45. The van der Waals surface area contributed by atoms with Crippen LogP contribution < -0.4 is 0 Å². The van der Waals surface area contributed by atoms with Crippen molar-refractivity contribution < 1.29 is 8.42 Å². The predicted octanol–water partition coefficient (Wildman–Crippen LogP) is 3.01. The first kappa shape index (κ1) is 17.6. The van der Waals surface area contributed by atoms with Gasteiger partial charge < -0.3 is 0 Å². The third-order valence-electron chi connectivity index (χ3n) is 4.12. The lowest BCUT2D eigenvalue weighted by molar-refractivity contribution is 0.478. The first-order valence-corrected chi connectivity index (χ1v) is 10.8. The fraction of sp³-hybridized carbons (Fsp3) is 0.625. The molecule has 2 aromatic rings. The van der Waals surface area contributed by atoms with Gasteiger partial charge in [0.25, 0.3) is 0 Å².